The van der Waals surface area contributed by atoms with Crippen molar-refractivity contribution in [3.8, 4) is 5.69 Å². The molecule has 4 nitrogen and oxygen atoms in total. The third kappa shape index (κ3) is 1.67. The van der Waals surface area contributed by atoms with Crippen molar-refractivity contribution in [2.24, 2.45) is 0 Å². The van der Waals surface area contributed by atoms with Crippen LogP contribution in [0.5, 0.6) is 0 Å². The van der Waals surface area contributed by atoms with Crippen molar-refractivity contribution in [2.45, 2.75) is 5.88 Å². The molecular weight excluding hydrogens is 188 g/mol. The first kappa shape index (κ1) is 8.19. The van der Waals surface area contributed by atoms with Gasteiger partial charge in [-0.3, -0.25) is 0 Å². The third-order valence-electron chi connectivity index (χ3n) is 1.56. The molecule has 0 unspecified atom stereocenters. The van der Waals surface area contributed by atoms with Crippen molar-refractivity contribution in [3.05, 3.63) is 36.2 Å². The second kappa shape index (κ2) is 3.53. The first-order valence-corrected chi connectivity index (χ1v) is 4.34. The number of rotatable bonds is 2. The molecule has 0 fully saturated rings. The molecule has 0 aliphatic rings. The average molecular weight is 195 g/mol. The van der Waals surface area contributed by atoms with Crippen LogP contribution in [0.4, 0.5) is 0 Å². The van der Waals surface area contributed by atoms with E-state index in [1.165, 1.54) is 4.80 Å². The van der Waals surface area contributed by atoms with Gasteiger partial charge >= 0.3 is 0 Å². The summed E-state index contributed by atoms with van der Waals surface area (Å²) in [4.78, 5) is 1.46. The van der Waals surface area contributed by atoms with E-state index in [1.807, 2.05) is 30.3 Å². The zero-order valence-corrected chi connectivity index (χ0v) is 7.52. The first-order chi connectivity index (χ1) is 6.40. The largest absolute Gasteiger partial charge is 0.189 e. The third-order valence-corrected chi connectivity index (χ3v) is 1.80. The summed E-state index contributed by atoms with van der Waals surface area (Å²) >= 11 is 5.55. The van der Waals surface area contributed by atoms with E-state index in [4.69, 9.17) is 11.6 Å². The van der Waals surface area contributed by atoms with Crippen LogP contribution in [0, 0.1) is 0 Å². The highest BCUT2D eigenvalue weighted by Crippen LogP contribution is 2.03. The predicted molar refractivity (Wildman–Crippen MR) is 48.7 cm³/mol. The SMILES string of the molecule is ClCc1nnn(-c2ccccc2)n1. The highest BCUT2D eigenvalue weighted by Gasteiger charge is 2.01. The van der Waals surface area contributed by atoms with Crippen LogP contribution in [0.25, 0.3) is 5.69 Å². The molecule has 1 heterocycles. The van der Waals surface area contributed by atoms with Gasteiger partial charge in [-0.15, -0.1) is 26.6 Å². The van der Waals surface area contributed by atoms with Gasteiger partial charge in [-0.05, 0) is 17.3 Å². The Hall–Kier alpha value is -1.42. The number of alkyl halides is 1. The van der Waals surface area contributed by atoms with E-state index in [1.54, 1.807) is 0 Å². The minimum absolute atomic E-state index is 0.285. The Morgan fingerprint density at radius 1 is 1.23 bits per heavy atom. The molecule has 0 radical (unpaired) electrons. The molecule has 0 amide bonds. The maximum Gasteiger partial charge on any atom is 0.189 e. The van der Waals surface area contributed by atoms with E-state index in [2.05, 4.69) is 15.4 Å². The molecule has 0 bridgehead atoms. The second-order valence-electron chi connectivity index (χ2n) is 2.46. The number of para-hydroxylation sites is 1. The van der Waals surface area contributed by atoms with Gasteiger partial charge in [0.05, 0.1) is 11.6 Å². The number of nitrogens with zero attached hydrogens (tertiary/aromatic N) is 4. The Morgan fingerprint density at radius 2 is 2.00 bits per heavy atom. The monoisotopic (exact) mass is 194 g/mol. The molecule has 0 saturated heterocycles. The predicted octanol–water partition coefficient (Wildman–Crippen LogP) is 1.40. The van der Waals surface area contributed by atoms with Crippen molar-refractivity contribution < 1.29 is 0 Å². The van der Waals surface area contributed by atoms with Crippen molar-refractivity contribution >= 4 is 11.6 Å². The fourth-order valence-corrected chi connectivity index (χ4v) is 1.07. The maximum atomic E-state index is 5.55. The summed E-state index contributed by atoms with van der Waals surface area (Å²) in [7, 11) is 0. The van der Waals surface area contributed by atoms with Gasteiger partial charge in [-0.1, -0.05) is 18.2 Å². The summed E-state index contributed by atoms with van der Waals surface area (Å²) in [5, 5.41) is 11.7. The van der Waals surface area contributed by atoms with E-state index < -0.39 is 0 Å². The Balaban J connectivity index is 2.36. The first-order valence-electron chi connectivity index (χ1n) is 3.80. The highest BCUT2D eigenvalue weighted by molar-refractivity contribution is 6.16. The van der Waals surface area contributed by atoms with Crippen LogP contribution in [-0.2, 0) is 5.88 Å². The molecule has 0 atom stereocenters. The molecule has 0 saturated carbocycles. The minimum Gasteiger partial charge on any atom is -0.131 e. The molecule has 0 spiro atoms. The summed E-state index contributed by atoms with van der Waals surface area (Å²) in [6.45, 7) is 0. The zero-order chi connectivity index (χ0) is 9.10. The fraction of sp³-hybridized carbons (Fsp3) is 0.125. The van der Waals surface area contributed by atoms with Crippen LogP contribution < -0.4 is 0 Å². The topological polar surface area (TPSA) is 43.6 Å². The Kier molecular flexibility index (Phi) is 2.23. The fourth-order valence-electron chi connectivity index (χ4n) is 0.967. The molecule has 66 valence electrons. The number of tetrazole rings is 1. The van der Waals surface area contributed by atoms with Gasteiger partial charge in [0.1, 0.15) is 0 Å². The van der Waals surface area contributed by atoms with Crippen LogP contribution in [0.2, 0.25) is 0 Å². The summed E-state index contributed by atoms with van der Waals surface area (Å²) in [6.07, 6.45) is 0. The highest BCUT2D eigenvalue weighted by atomic mass is 35.5. The van der Waals surface area contributed by atoms with Crippen LogP contribution >= 0.6 is 11.6 Å². The van der Waals surface area contributed by atoms with Gasteiger partial charge in [-0.25, -0.2) is 0 Å². The smallest absolute Gasteiger partial charge is 0.131 e. The van der Waals surface area contributed by atoms with Gasteiger partial charge in [0.15, 0.2) is 5.82 Å². The molecule has 0 N–H and O–H groups in total. The molecule has 13 heavy (non-hydrogen) atoms. The Morgan fingerprint density at radius 3 is 2.62 bits per heavy atom. The van der Waals surface area contributed by atoms with E-state index in [0.29, 0.717) is 5.82 Å². The number of halogens is 1. The van der Waals surface area contributed by atoms with Crippen molar-refractivity contribution in [3.63, 3.8) is 0 Å². The van der Waals surface area contributed by atoms with Crippen molar-refractivity contribution in [1.82, 2.24) is 20.2 Å². The molecule has 0 aliphatic carbocycles. The van der Waals surface area contributed by atoms with E-state index in [-0.39, 0.29) is 5.88 Å². The Labute approximate surface area is 80.1 Å². The van der Waals surface area contributed by atoms with Gasteiger partial charge in [-0.2, -0.15) is 0 Å². The molecule has 1 aromatic carbocycles. The number of hydrogen-bond donors (Lipinski definition) is 0. The van der Waals surface area contributed by atoms with Gasteiger partial charge in [0.25, 0.3) is 0 Å². The molecule has 1 aromatic heterocycles. The van der Waals surface area contributed by atoms with Crippen molar-refractivity contribution in [2.75, 3.05) is 0 Å². The standard InChI is InChI=1S/C8H7ClN4/c9-6-8-10-12-13(11-8)7-4-2-1-3-5-7/h1-5H,6H2. The van der Waals surface area contributed by atoms with Crippen LogP contribution in [0.15, 0.2) is 30.3 Å². The quantitative estimate of drug-likeness (QED) is 0.679. The molecule has 2 rings (SSSR count). The van der Waals surface area contributed by atoms with E-state index in [0.717, 1.165) is 5.69 Å². The number of benzene rings is 1. The summed E-state index contributed by atoms with van der Waals surface area (Å²) in [6, 6.07) is 9.57. The minimum atomic E-state index is 0.285. The van der Waals surface area contributed by atoms with Gasteiger partial charge < -0.3 is 0 Å². The zero-order valence-electron chi connectivity index (χ0n) is 6.76. The van der Waals surface area contributed by atoms with Gasteiger partial charge in [0, 0.05) is 0 Å². The number of hydrogen-bond acceptors (Lipinski definition) is 3. The maximum absolute atomic E-state index is 5.55. The second-order valence-corrected chi connectivity index (χ2v) is 2.73. The molecule has 0 aliphatic heterocycles. The van der Waals surface area contributed by atoms with E-state index >= 15 is 0 Å². The summed E-state index contributed by atoms with van der Waals surface area (Å²) in [5.41, 5.74) is 0.881. The van der Waals surface area contributed by atoms with Crippen LogP contribution in [-0.4, -0.2) is 20.2 Å². The van der Waals surface area contributed by atoms with Crippen molar-refractivity contribution in [1.29, 1.82) is 0 Å². The van der Waals surface area contributed by atoms with Crippen LogP contribution in [0.1, 0.15) is 5.82 Å². The molecular formula is C8H7ClN4. The average Bonchev–Trinajstić information content (AvgIpc) is 2.67. The lowest BCUT2D eigenvalue weighted by molar-refractivity contribution is 0.718. The Bertz CT molecular complexity index is 384. The van der Waals surface area contributed by atoms with Crippen LogP contribution in [0.3, 0.4) is 0 Å². The summed E-state index contributed by atoms with van der Waals surface area (Å²) in [5.74, 6) is 0.817. The van der Waals surface area contributed by atoms with E-state index in [9.17, 15) is 0 Å². The molecule has 5 heteroatoms. The normalized spacial score (nSPS) is 10.2. The molecule has 2 aromatic rings. The number of aromatic nitrogens is 4. The lowest BCUT2D eigenvalue weighted by atomic mass is 10.3. The van der Waals surface area contributed by atoms with Gasteiger partial charge in [0.2, 0.25) is 0 Å². The summed E-state index contributed by atoms with van der Waals surface area (Å²) < 4.78 is 0. The lowest BCUT2D eigenvalue weighted by Crippen LogP contribution is -1.98. The lowest BCUT2D eigenvalue weighted by Gasteiger charge is -1.94.